The maximum atomic E-state index is 11.7. The summed E-state index contributed by atoms with van der Waals surface area (Å²) in [5, 5.41) is 8.40. The smallest absolute Gasteiger partial charge is 0.303 e. The van der Waals surface area contributed by atoms with E-state index in [9.17, 15) is 13.2 Å². The van der Waals surface area contributed by atoms with Crippen LogP contribution in [0.3, 0.4) is 0 Å². The Bertz CT molecular complexity index is 492. The highest BCUT2D eigenvalue weighted by Crippen LogP contribution is 2.16. The molecule has 0 atom stereocenters. The number of carboxylic acids is 1. The number of aryl methyl sites for hydroxylation is 1. The van der Waals surface area contributed by atoms with E-state index in [0.29, 0.717) is 5.56 Å². The van der Waals surface area contributed by atoms with Gasteiger partial charge in [0.15, 0.2) is 0 Å². The molecule has 0 saturated carbocycles. The first-order chi connectivity index (χ1) is 7.93. The molecule has 5 nitrogen and oxygen atoms in total. The number of hydrogen-bond acceptors (Lipinski definition) is 4. The third kappa shape index (κ3) is 4.16. The Morgan fingerprint density at radius 2 is 2.00 bits per heavy atom. The molecule has 0 aromatic heterocycles. The van der Waals surface area contributed by atoms with Crippen LogP contribution in [0.25, 0.3) is 0 Å². The van der Waals surface area contributed by atoms with Gasteiger partial charge in [-0.05, 0) is 25.0 Å². The van der Waals surface area contributed by atoms with Crippen LogP contribution in [-0.4, -0.2) is 26.1 Å². The molecule has 0 saturated heterocycles. The van der Waals surface area contributed by atoms with E-state index in [1.54, 1.807) is 25.1 Å². The normalized spacial score (nSPS) is 11.4. The fourth-order valence-electron chi connectivity index (χ4n) is 1.29. The van der Waals surface area contributed by atoms with Crippen LogP contribution < -0.4 is 0 Å². The molecule has 1 aromatic carbocycles. The lowest BCUT2D eigenvalue weighted by atomic mass is 10.2. The van der Waals surface area contributed by atoms with Crippen LogP contribution in [0.1, 0.15) is 18.4 Å². The molecular weight excluding hydrogens is 244 g/mol. The highest BCUT2D eigenvalue weighted by atomic mass is 32.2. The summed E-state index contributed by atoms with van der Waals surface area (Å²) in [5.74, 6) is -0.970. The van der Waals surface area contributed by atoms with E-state index < -0.39 is 16.1 Å². The van der Waals surface area contributed by atoms with Crippen molar-refractivity contribution in [2.24, 2.45) is 0 Å². The van der Waals surface area contributed by atoms with Crippen LogP contribution in [0.4, 0.5) is 0 Å². The molecule has 17 heavy (non-hydrogen) atoms. The second kappa shape index (κ2) is 5.79. The molecule has 6 heteroatoms. The van der Waals surface area contributed by atoms with Gasteiger partial charge in [-0.15, -0.1) is 0 Å². The molecule has 0 amide bonds. The highest BCUT2D eigenvalue weighted by molar-refractivity contribution is 7.86. The minimum Gasteiger partial charge on any atom is -0.481 e. The number of aliphatic carboxylic acids is 1. The zero-order valence-electron chi connectivity index (χ0n) is 9.42. The summed E-state index contributed by atoms with van der Waals surface area (Å²) >= 11 is 0. The minimum atomic E-state index is -3.78. The summed E-state index contributed by atoms with van der Waals surface area (Å²) in [5.41, 5.74) is 0.603. The zero-order chi connectivity index (χ0) is 12.9. The molecule has 1 aromatic rings. The maximum absolute atomic E-state index is 11.7. The number of carboxylic acid groups (broad SMARTS) is 1. The van der Waals surface area contributed by atoms with E-state index in [2.05, 4.69) is 0 Å². The van der Waals surface area contributed by atoms with Crippen molar-refractivity contribution in [1.29, 1.82) is 0 Å². The Balaban J connectivity index is 2.64. The molecule has 0 spiro atoms. The van der Waals surface area contributed by atoms with E-state index in [-0.39, 0.29) is 24.3 Å². The van der Waals surface area contributed by atoms with Crippen LogP contribution in [0.5, 0.6) is 0 Å². The molecule has 0 fully saturated rings. The molecule has 0 heterocycles. The van der Waals surface area contributed by atoms with Gasteiger partial charge >= 0.3 is 5.97 Å². The lowest BCUT2D eigenvalue weighted by Gasteiger charge is -2.07. The van der Waals surface area contributed by atoms with E-state index in [1.807, 2.05) is 0 Å². The quantitative estimate of drug-likeness (QED) is 0.618. The monoisotopic (exact) mass is 258 g/mol. The Hall–Kier alpha value is -1.40. The topological polar surface area (TPSA) is 80.7 Å². The van der Waals surface area contributed by atoms with Gasteiger partial charge in [-0.2, -0.15) is 8.42 Å². The maximum Gasteiger partial charge on any atom is 0.303 e. The summed E-state index contributed by atoms with van der Waals surface area (Å²) in [4.78, 5) is 10.4. The second-order valence-electron chi connectivity index (χ2n) is 3.54. The number of rotatable bonds is 6. The first-order valence-corrected chi connectivity index (χ1v) is 6.51. The largest absolute Gasteiger partial charge is 0.481 e. The highest BCUT2D eigenvalue weighted by Gasteiger charge is 2.16. The first-order valence-electron chi connectivity index (χ1n) is 5.10. The van der Waals surface area contributed by atoms with E-state index in [4.69, 9.17) is 9.29 Å². The van der Waals surface area contributed by atoms with Crippen LogP contribution in [0, 0.1) is 6.92 Å². The lowest BCUT2D eigenvalue weighted by Crippen LogP contribution is -2.10. The zero-order valence-corrected chi connectivity index (χ0v) is 10.2. The molecular formula is C11H14O5S. The molecule has 1 N–H and O–H groups in total. The predicted octanol–water partition coefficient (Wildman–Crippen LogP) is 1.57. The Morgan fingerprint density at radius 3 is 2.59 bits per heavy atom. The molecule has 1 rings (SSSR count). The van der Waals surface area contributed by atoms with Crippen molar-refractivity contribution < 1.29 is 22.5 Å². The van der Waals surface area contributed by atoms with Crippen LogP contribution in [-0.2, 0) is 19.1 Å². The van der Waals surface area contributed by atoms with Crippen LogP contribution >= 0.6 is 0 Å². The van der Waals surface area contributed by atoms with Gasteiger partial charge in [0, 0.05) is 6.42 Å². The Morgan fingerprint density at radius 1 is 1.35 bits per heavy atom. The molecule has 0 aliphatic rings. The third-order valence-electron chi connectivity index (χ3n) is 2.14. The average molecular weight is 258 g/mol. The summed E-state index contributed by atoms with van der Waals surface area (Å²) in [6, 6.07) is 6.48. The predicted molar refractivity (Wildman–Crippen MR) is 61.2 cm³/mol. The van der Waals surface area contributed by atoms with Gasteiger partial charge in [0.05, 0.1) is 11.5 Å². The van der Waals surface area contributed by atoms with Crippen molar-refractivity contribution in [1.82, 2.24) is 0 Å². The minimum absolute atomic E-state index is 0.108. The van der Waals surface area contributed by atoms with Gasteiger partial charge in [-0.3, -0.25) is 8.98 Å². The van der Waals surface area contributed by atoms with E-state index in [0.717, 1.165) is 0 Å². The van der Waals surface area contributed by atoms with E-state index in [1.165, 1.54) is 6.07 Å². The van der Waals surface area contributed by atoms with Crippen molar-refractivity contribution in [3.05, 3.63) is 29.8 Å². The van der Waals surface area contributed by atoms with Gasteiger partial charge in [-0.1, -0.05) is 18.2 Å². The average Bonchev–Trinajstić information content (AvgIpc) is 2.24. The lowest BCUT2D eigenvalue weighted by molar-refractivity contribution is -0.137. The molecule has 0 radical (unpaired) electrons. The van der Waals surface area contributed by atoms with Crippen molar-refractivity contribution in [2.45, 2.75) is 24.7 Å². The van der Waals surface area contributed by atoms with Gasteiger partial charge in [-0.25, -0.2) is 0 Å². The number of benzene rings is 1. The number of hydrogen-bond donors (Lipinski definition) is 1. The third-order valence-corrected chi connectivity index (χ3v) is 3.61. The molecule has 0 aliphatic heterocycles. The van der Waals surface area contributed by atoms with Crippen LogP contribution in [0.2, 0.25) is 0 Å². The molecule has 0 aliphatic carbocycles. The fraction of sp³-hybridized carbons (Fsp3) is 0.364. The van der Waals surface area contributed by atoms with E-state index >= 15 is 0 Å². The van der Waals surface area contributed by atoms with Gasteiger partial charge in [0.1, 0.15) is 0 Å². The van der Waals surface area contributed by atoms with Gasteiger partial charge in [0.2, 0.25) is 0 Å². The Labute approximate surface area is 100 Å². The SMILES string of the molecule is Cc1ccccc1S(=O)(=O)OCCCC(=O)O. The van der Waals surface area contributed by atoms with Gasteiger partial charge < -0.3 is 5.11 Å². The summed E-state index contributed by atoms with van der Waals surface area (Å²) in [6.45, 7) is 1.55. The first kappa shape index (κ1) is 13.7. The summed E-state index contributed by atoms with van der Waals surface area (Å²) in [6.07, 6.45) is 0.0593. The molecule has 94 valence electrons. The van der Waals surface area contributed by atoms with Crippen molar-refractivity contribution in [2.75, 3.05) is 6.61 Å². The van der Waals surface area contributed by atoms with Crippen LogP contribution in [0.15, 0.2) is 29.2 Å². The fourth-order valence-corrected chi connectivity index (χ4v) is 2.46. The van der Waals surface area contributed by atoms with Crippen molar-refractivity contribution in [3.8, 4) is 0 Å². The van der Waals surface area contributed by atoms with Gasteiger partial charge in [0.25, 0.3) is 10.1 Å². The standard InChI is InChI=1S/C11H14O5S/c1-9-5-2-3-6-10(9)17(14,15)16-8-4-7-11(12)13/h2-3,5-6H,4,7-8H2,1H3,(H,12,13). The second-order valence-corrected chi connectivity index (χ2v) is 5.12. The molecule has 0 unspecified atom stereocenters. The Kier molecular flexibility index (Phi) is 4.65. The summed E-state index contributed by atoms with van der Waals surface area (Å²) in [7, 11) is -3.78. The van der Waals surface area contributed by atoms with Crippen molar-refractivity contribution >= 4 is 16.1 Å². The molecule has 0 bridgehead atoms. The summed E-state index contributed by atoms with van der Waals surface area (Å²) < 4.78 is 28.2. The number of carbonyl (C=O) groups is 1. The van der Waals surface area contributed by atoms with Crippen molar-refractivity contribution in [3.63, 3.8) is 0 Å².